The molecule has 108 valence electrons. The van der Waals surface area contributed by atoms with Crippen LogP contribution in [0.25, 0.3) is 0 Å². The molecule has 21 heavy (non-hydrogen) atoms. The van der Waals surface area contributed by atoms with E-state index in [9.17, 15) is 9.18 Å². The number of aromatic nitrogens is 1. The molecule has 0 aromatic carbocycles. The van der Waals surface area contributed by atoms with E-state index in [2.05, 4.69) is 16.8 Å². The number of nitrogens with zero attached hydrogens (tertiary/aromatic N) is 2. The van der Waals surface area contributed by atoms with Crippen LogP contribution in [0, 0.1) is 17.7 Å². The zero-order valence-corrected chi connectivity index (χ0v) is 12.2. The van der Waals surface area contributed by atoms with Crippen LogP contribution in [0.15, 0.2) is 29.9 Å². The summed E-state index contributed by atoms with van der Waals surface area (Å²) in [5, 5.41) is 10.5. The molecular formula is C15H13FN2O2S. The van der Waals surface area contributed by atoms with Crippen LogP contribution in [0.2, 0.25) is 0 Å². The molecule has 0 radical (unpaired) electrons. The third-order valence-corrected chi connectivity index (χ3v) is 3.58. The van der Waals surface area contributed by atoms with E-state index in [1.165, 1.54) is 28.5 Å². The van der Waals surface area contributed by atoms with Gasteiger partial charge in [-0.25, -0.2) is 4.39 Å². The van der Waals surface area contributed by atoms with Gasteiger partial charge in [0, 0.05) is 29.1 Å². The number of aliphatic hydroxyl groups excluding tert-OH is 1. The molecule has 0 spiro atoms. The van der Waals surface area contributed by atoms with Crippen LogP contribution < -0.4 is 0 Å². The van der Waals surface area contributed by atoms with Crippen LogP contribution in [-0.2, 0) is 6.54 Å². The van der Waals surface area contributed by atoms with Crippen molar-refractivity contribution in [1.82, 2.24) is 9.88 Å². The van der Waals surface area contributed by atoms with Gasteiger partial charge in [0.05, 0.1) is 18.3 Å². The maximum absolute atomic E-state index is 13.1. The Bertz CT molecular complexity index is 703. The Kier molecular flexibility index (Phi) is 5.04. The zero-order chi connectivity index (χ0) is 15.2. The summed E-state index contributed by atoms with van der Waals surface area (Å²) >= 11 is 1.48. The molecule has 0 aliphatic heterocycles. The number of pyridine rings is 1. The Morgan fingerprint density at radius 1 is 1.48 bits per heavy atom. The fourth-order valence-corrected chi connectivity index (χ4v) is 2.59. The van der Waals surface area contributed by atoms with E-state index in [4.69, 9.17) is 5.11 Å². The number of thiophene rings is 1. The molecule has 4 nitrogen and oxygen atoms in total. The second-order valence-electron chi connectivity index (χ2n) is 4.31. The summed E-state index contributed by atoms with van der Waals surface area (Å²) in [6, 6.07) is 3.03. The molecule has 0 unspecified atom stereocenters. The molecule has 0 saturated heterocycles. The highest BCUT2D eigenvalue weighted by Gasteiger charge is 2.14. The van der Waals surface area contributed by atoms with E-state index in [1.54, 1.807) is 7.05 Å². The van der Waals surface area contributed by atoms with Crippen molar-refractivity contribution < 1.29 is 14.3 Å². The average molecular weight is 304 g/mol. The summed E-state index contributed by atoms with van der Waals surface area (Å²) in [6.07, 6.45) is 2.40. The van der Waals surface area contributed by atoms with E-state index in [0.717, 1.165) is 16.6 Å². The summed E-state index contributed by atoms with van der Waals surface area (Å²) in [4.78, 5) is 18.3. The van der Waals surface area contributed by atoms with Crippen molar-refractivity contribution in [3.63, 3.8) is 0 Å². The molecule has 2 aromatic heterocycles. The van der Waals surface area contributed by atoms with E-state index in [1.807, 2.05) is 11.4 Å². The predicted octanol–water partition coefficient (Wildman–Crippen LogP) is 1.90. The smallest absolute Gasteiger partial charge is 0.255 e. The molecule has 6 heteroatoms. The van der Waals surface area contributed by atoms with E-state index in [0.29, 0.717) is 6.54 Å². The second-order valence-corrected chi connectivity index (χ2v) is 5.31. The molecular weight excluding hydrogens is 291 g/mol. The summed E-state index contributed by atoms with van der Waals surface area (Å²) in [5.74, 6) is 4.54. The Hall–Kier alpha value is -2.23. The molecule has 0 aliphatic carbocycles. The van der Waals surface area contributed by atoms with Crippen molar-refractivity contribution in [2.24, 2.45) is 0 Å². The molecule has 1 N–H and O–H groups in total. The quantitative estimate of drug-likeness (QED) is 0.881. The highest BCUT2D eigenvalue weighted by molar-refractivity contribution is 7.10. The van der Waals surface area contributed by atoms with Crippen molar-refractivity contribution in [1.29, 1.82) is 0 Å². The highest BCUT2D eigenvalue weighted by atomic mass is 32.1. The van der Waals surface area contributed by atoms with Gasteiger partial charge in [-0.2, -0.15) is 0 Å². The number of hydrogen-bond donors (Lipinski definition) is 1. The van der Waals surface area contributed by atoms with Gasteiger partial charge in [0.15, 0.2) is 0 Å². The van der Waals surface area contributed by atoms with Gasteiger partial charge in [0.1, 0.15) is 12.4 Å². The predicted molar refractivity (Wildman–Crippen MR) is 78.3 cm³/mol. The first kappa shape index (κ1) is 15.2. The van der Waals surface area contributed by atoms with Crippen LogP contribution in [0.5, 0.6) is 0 Å². The van der Waals surface area contributed by atoms with Gasteiger partial charge >= 0.3 is 0 Å². The number of carbonyl (C=O) groups excluding carboxylic acids is 1. The summed E-state index contributed by atoms with van der Waals surface area (Å²) < 4.78 is 13.1. The van der Waals surface area contributed by atoms with Gasteiger partial charge < -0.3 is 10.0 Å². The lowest BCUT2D eigenvalue weighted by Gasteiger charge is -2.15. The number of amides is 1. The number of halogens is 1. The number of carbonyl (C=O) groups is 1. The van der Waals surface area contributed by atoms with Crippen LogP contribution in [0.4, 0.5) is 4.39 Å². The Morgan fingerprint density at radius 2 is 2.29 bits per heavy atom. The molecule has 1 amide bonds. The molecule has 0 bridgehead atoms. The Morgan fingerprint density at radius 3 is 3.00 bits per heavy atom. The lowest BCUT2D eigenvalue weighted by Crippen LogP contribution is -2.26. The lowest BCUT2D eigenvalue weighted by molar-refractivity contribution is 0.0785. The van der Waals surface area contributed by atoms with Gasteiger partial charge in [-0.15, -0.1) is 11.3 Å². The van der Waals surface area contributed by atoms with E-state index < -0.39 is 5.82 Å². The zero-order valence-electron chi connectivity index (χ0n) is 11.3. The maximum Gasteiger partial charge on any atom is 0.255 e. The largest absolute Gasteiger partial charge is 0.384 e. The van der Waals surface area contributed by atoms with Crippen molar-refractivity contribution in [2.75, 3.05) is 13.7 Å². The standard InChI is InChI=1S/C15H13FN2O2S/c1-18(15(20)12-6-13(16)8-17-7-12)9-14-5-11(10-21-14)3-2-4-19/h5-8,10,19H,4,9H2,1H3. The monoisotopic (exact) mass is 304 g/mol. The minimum absolute atomic E-state index is 0.184. The van der Waals surface area contributed by atoms with Crippen LogP contribution >= 0.6 is 11.3 Å². The van der Waals surface area contributed by atoms with Gasteiger partial charge in [-0.3, -0.25) is 9.78 Å². The van der Waals surface area contributed by atoms with Crippen molar-refractivity contribution in [3.05, 3.63) is 51.7 Å². The summed E-state index contributed by atoms with van der Waals surface area (Å²) in [6.45, 7) is 0.219. The number of aliphatic hydroxyl groups is 1. The molecule has 2 aromatic rings. The number of hydrogen-bond acceptors (Lipinski definition) is 4. The van der Waals surface area contributed by atoms with E-state index in [-0.39, 0.29) is 18.1 Å². The third kappa shape index (κ3) is 4.12. The minimum Gasteiger partial charge on any atom is -0.384 e. The van der Waals surface area contributed by atoms with Gasteiger partial charge in [-0.05, 0) is 12.1 Å². The topological polar surface area (TPSA) is 53.4 Å². The first-order chi connectivity index (χ1) is 10.1. The average Bonchev–Trinajstić information content (AvgIpc) is 2.91. The molecule has 0 atom stereocenters. The molecule has 0 saturated carbocycles. The van der Waals surface area contributed by atoms with Crippen molar-refractivity contribution >= 4 is 17.2 Å². The number of rotatable bonds is 3. The SMILES string of the molecule is CN(Cc1cc(C#CCO)cs1)C(=O)c1cncc(F)c1. The maximum atomic E-state index is 13.1. The normalized spacial score (nSPS) is 9.86. The summed E-state index contributed by atoms with van der Waals surface area (Å²) in [7, 11) is 1.64. The fourth-order valence-electron chi connectivity index (χ4n) is 1.73. The van der Waals surface area contributed by atoms with Crippen LogP contribution in [0.1, 0.15) is 20.8 Å². The van der Waals surface area contributed by atoms with Gasteiger partial charge in [0.2, 0.25) is 0 Å². The van der Waals surface area contributed by atoms with Crippen LogP contribution in [-0.4, -0.2) is 34.6 Å². The van der Waals surface area contributed by atoms with Crippen LogP contribution in [0.3, 0.4) is 0 Å². The summed E-state index contributed by atoms with van der Waals surface area (Å²) in [5.41, 5.74) is 1.02. The second kappa shape index (κ2) is 6.97. The Labute approximate surface area is 125 Å². The molecule has 0 fully saturated rings. The van der Waals surface area contributed by atoms with Crippen molar-refractivity contribution in [3.8, 4) is 11.8 Å². The van der Waals surface area contributed by atoms with Crippen molar-refractivity contribution in [2.45, 2.75) is 6.54 Å². The molecule has 2 heterocycles. The first-order valence-electron chi connectivity index (χ1n) is 6.13. The first-order valence-corrected chi connectivity index (χ1v) is 7.01. The third-order valence-electron chi connectivity index (χ3n) is 2.66. The van der Waals surface area contributed by atoms with E-state index >= 15 is 0 Å². The Balaban J connectivity index is 2.05. The van der Waals surface area contributed by atoms with Gasteiger partial charge in [-0.1, -0.05) is 11.8 Å². The van der Waals surface area contributed by atoms with Gasteiger partial charge in [0.25, 0.3) is 5.91 Å². The molecule has 0 aliphatic rings. The lowest BCUT2D eigenvalue weighted by atomic mass is 10.2. The highest BCUT2D eigenvalue weighted by Crippen LogP contribution is 2.17. The molecule has 2 rings (SSSR count). The fraction of sp³-hybridized carbons (Fsp3) is 0.200. The minimum atomic E-state index is -0.535.